The number of aromatic nitrogens is 3. The number of hydrogen-bond donors (Lipinski definition) is 0. The molecule has 1 amide bonds. The van der Waals surface area contributed by atoms with Gasteiger partial charge in [-0.2, -0.15) is 0 Å². The molecule has 2 aliphatic rings. The lowest BCUT2D eigenvalue weighted by Crippen LogP contribution is -2.31. The molecule has 7 nitrogen and oxygen atoms in total. The van der Waals surface area contributed by atoms with Crippen molar-refractivity contribution in [1.29, 1.82) is 0 Å². The van der Waals surface area contributed by atoms with E-state index in [1.54, 1.807) is 6.33 Å². The summed E-state index contributed by atoms with van der Waals surface area (Å²) in [5, 5.41) is 8.13. The van der Waals surface area contributed by atoms with E-state index in [4.69, 9.17) is 9.47 Å². The molecule has 2 unspecified atom stereocenters. The Morgan fingerprint density at radius 2 is 2.12 bits per heavy atom. The Morgan fingerprint density at radius 3 is 2.81 bits per heavy atom. The summed E-state index contributed by atoms with van der Waals surface area (Å²) >= 11 is 0. The standard InChI is InChI=1S/C19H24N4O3/c1-22-13-20-21-18(22)17-5-2-10-23(17)19(24)14-6-8-15(9-7-14)26-12-16-4-3-11-25-16/h6-9,13,16-17H,2-5,10-12H2,1H3. The molecule has 1 aromatic heterocycles. The fourth-order valence-electron chi connectivity index (χ4n) is 3.70. The second kappa shape index (κ2) is 7.45. The first-order valence-corrected chi connectivity index (χ1v) is 9.21. The second-order valence-electron chi connectivity index (χ2n) is 6.93. The molecule has 2 aliphatic heterocycles. The number of carbonyl (C=O) groups excluding carboxylic acids is 1. The molecule has 0 bridgehead atoms. The smallest absolute Gasteiger partial charge is 0.254 e. The highest BCUT2D eigenvalue weighted by Gasteiger charge is 2.33. The highest BCUT2D eigenvalue weighted by Crippen LogP contribution is 2.32. The Labute approximate surface area is 152 Å². The summed E-state index contributed by atoms with van der Waals surface area (Å²) in [6, 6.07) is 7.37. The second-order valence-corrected chi connectivity index (χ2v) is 6.93. The Morgan fingerprint density at radius 1 is 1.27 bits per heavy atom. The van der Waals surface area contributed by atoms with E-state index in [0.717, 1.165) is 50.4 Å². The van der Waals surface area contributed by atoms with Crippen LogP contribution in [0.2, 0.25) is 0 Å². The average molecular weight is 356 g/mol. The molecule has 0 aliphatic carbocycles. The van der Waals surface area contributed by atoms with Gasteiger partial charge in [-0.3, -0.25) is 4.79 Å². The van der Waals surface area contributed by atoms with Crippen LogP contribution in [0.3, 0.4) is 0 Å². The van der Waals surface area contributed by atoms with Gasteiger partial charge in [0.2, 0.25) is 0 Å². The van der Waals surface area contributed by atoms with E-state index in [1.807, 2.05) is 40.8 Å². The highest BCUT2D eigenvalue weighted by atomic mass is 16.5. The summed E-state index contributed by atoms with van der Waals surface area (Å²) < 4.78 is 13.2. The molecule has 3 heterocycles. The van der Waals surface area contributed by atoms with Crippen LogP contribution in [0.15, 0.2) is 30.6 Å². The van der Waals surface area contributed by atoms with Gasteiger partial charge in [0.05, 0.1) is 12.1 Å². The fourth-order valence-corrected chi connectivity index (χ4v) is 3.70. The van der Waals surface area contributed by atoms with E-state index in [9.17, 15) is 4.79 Å². The predicted octanol–water partition coefficient (Wildman–Crippen LogP) is 2.35. The van der Waals surface area contributed by atoms with Crippen LogP contribution < -0.4 is 4.74 Å². The van der Waals surface area contributed by atoms with Crippen LogP contribution in [0.4, 0.5) is 0 Å². The van der Waals surface area contributed by atoms with Gasteiger partial charge in [-0.15, -0.1) is 10.2 Å². The number of hydrogen-bond acceptors (Lipinski definition) is 5. The number of aryl methyl sites for hydroxylation is 1. The van der Waals surface area contributed by atoms with Crippen molar-refractivity contribution in [2.75, 3.05) is 19.8 Å². The van der Waals surface area contributed by atoms with E-state index in [1.165, 1.54) is 0 Å². The predicted molar refractivity (Wildman–Crippen MR) is 94.9 cm³/mol. The highest BCUT2D eigenvalue weighted by molar-refractivity contribution is 5.94. The SMILES string of the molecule is Cn1cnnc1C1CCCN1C(=O)c1ccc(OCC2CCCO2)cc1. The minimum atomic E-state index is -0.00885. The van der Waals surface area contributed by atoms with Crippen molar-refractivity contribution < 1.29 is 14.3 Å². The van der Waals surface area contributed by atoms with Gasteiger partial charge in [-0.1, -0.05) is 0 Å². The van der Waals surface area contributed by atoms with Gasteiger partial charge in [-0.05, 0) is 49.9 Å². The van der Waals surface area contributed by atoms with E-state index in [2.05, 4.69) is 10.2 Å². The molecular formula is C19H24N4O3. The molecule has 2 atom stereocenters. The summed E-state index contributed by atoms with van der Waals surface area (Å²) in [4.78, 5) is 14.8. The van der Waals surface area contributed by atoms with Gasteiger partial charge in [0.15, 0.2) is 5.82 Å². The maximum atomic E-state index is 12.9. The van der Waals surface area contributed by atoms with E-state index < -0.39 is 0 Å². The largest absolute Gasteiger partial charge is 0.491 e. The molecule has 7 heteroatoms. The van der Waals surface area contributed by atoms with Crippen LogP contribution in [-0.4, -0.2) is 51.4 Å². The zero-order valence-corrected chi connectivity index (χ0v) is 15.0. The molecule has 0 radical (unpaired) electrons. The van der Waals surface area contributed by atoms with Crippen LogP contribution in [0.1, 0.15) is 47.9 Å². The number of ether oxygens (including phenoxy) is 2. The first kappa shape index (κ1) is 17.0. The van der Waals surface area contributed by atoms with Crippen molar-refractivity contribution in [3.63, 3.8) is 0 Å². The third kappa shape index (κ3) is 3.44. The molecule has 0 spiro atoms. The first-order valence-electron chi connectivity index (χ1n) is 9.21. The average Bonchev–Trinajstić information content (AvgIpc) is 3.41. The number of carbonyl (C=O) groups is 1. The zero-order chi connectivity index (χ0) is 17.9. The van der Waals surface area contributed by atoms with Gasteiger partial charge >= 0.3 is 0 Å². The van der Waals surface area contributed by atoms with Gasteiger partial charge in [-0.25, -0.2) is 0 Å². The number of rotatable bonds is 5. The molecule has 2 aromatic rings. The Hall–Kier alpha value is -2.41. The van der Waals surface area contributed by atoms with Crippen molar-refractivity contribution in [3.8, 4) is 5.75 Å². The Balaban J connectivity index is 1.41. The van der Waals surface area contributed by atoms with Crippen molar-refractivity contribution in [2.45, 2.75) is 37.8 Å². The maximum Gasteiger partial charge on any atom is 0.254 e. The van der Waals surface area contributed by atoms with Crippen molar-refractivity contribution in [3.05, 3.63) is 42.0 Å². The maximum absolute atomic E-state index is 12.9. The quantitative estimate of drug-likeness (QED) is 0.822. The molecule has 138 valence electrons. The Bertz CT molecular complexity index is 752. The summed E-state index contributed by atoms with van der Waals surface area (Å²) in [6.45, 7) is 2.13. The molecule has 1 aromatic carbocycles. The lowest BCUT2D eigenvalue weighted by molar-refractivity contribution is 0.0678. The van der Waals surface area contributed by atoms with Crippen LogP contribution in [-0.2, 0) is 11.8 Å². The van der Waals surface area contributed by atoms with Crippen molar-refractivity contribution in [1.82, 2.24) is 19.7 Å². The molecule has 0 N–H and O–H groups in total. The number of nitrogens with zero attached hydrogens (tertiary/aromatic N) is 4. The monoisotopic (exact) mass is 356 g/mol. The lowest BCUT2D eigenvalue weighted by atomic mass is 10.1. The Kier molecular flexibility index (Phi) is 4.88. The minimum Gasteiger partial charge on any atom is -0.491 e. The van der Waals surface area contributed by atoms with E-state index in [-0.39, 0.29) is 18.1 Å². The van der Waals surface area contributed by atoms with Gasteiger partial charge in [0.25, 0.3) is 5.91 Å². The molecule has 2 fully saturated rings. The third-order valence-electron chi connectivity index (χ3n) is 5.12. The number of amides is 1. The third-order valence-corrected chi connectivity index (χ3v) is 5.12. The zero-order valence-electron chi connectivity index (χ0n) is 15.0. The normalized spacial score (nSPS) is 22.7. The minimum absolute atomic E-state index is 0.00885. The number of likely N-dealkylation sites (tertiary alicyclic amines) is 1. The van der Waals surface area contributed by atoms with Crippen LogP contribution in [0, 0.1) is 0 Å². The molecule has 4 rings (SSSR count). The fraction of sp³-hybridized carbons (Fsp3) is 0.526. The summed E-state index contributed by atoms with van der Waals surface area (Å²) in [7, 11) is 1.91. The number of benzene rings is 1. The van der Waals surface area contributed by atoms with Crippen LogP contribution in [0.5, 0.6) is 5.75 Å². The summed E-state index contributed by atoms with van der Waals surface area (Å²) in [6.07, 6.45) is 5.91. The molecular weight excluding hydrogens is 332 g/mol. The van der Waals surface area contributed by atoms with Gasteiger partial charge in [0.1, 0.15) is 18.7 Å². The summed E-state index contributed by atoms with van der Waals surface area (Å²) in [5.74, 6) is 1.64. The first-order chi connectivity index (χ1) is 12.7. The summed E-state index contributed by atoms with van der Waals surface area (Å²) in [5.41, 5.74) is 0.670. The molecule has 0 saturated carbocycles. The molecule has 26 heavy (non-hydrogen) atoms. The topological polar surface area (TPSA) is 69.5 Å². The van der Waals surface area contributed by atoms with Gasteiger partial charge < -0.3 is 18.9 Å². The lowest BCUT2D eigenvalue weighted by Gasteiger charge is -2.24. The van der Waals surface area contributed by atoms with Crippen molar-refractivity contribution >= 4 is 5.91 Å². The van der Waals surface area contributed by atoms with Crippen molar-refractivity contribution in [2.24, 2.45) is 7.05 Å². The molecule has 2 saturated heterocycles. The van der Waals surface area contributed by atoms with Crippen LogP contribution in [0.25, 0.3) is 0 Å². The van der Waals surface area contributed by atoms with E-state index in [0.29, 0.717) is 12.2 Å². The van der Waals surface area contributed by atoms with Crippen LogP contribution >= 0.6 is 0 Å². The van der Waals surface area contributed by atoms with Gasteiger partial charge in [0, 0.05) is 25.8 Å². The van der Waals surface area contributed by atoms with E-state index >= 15 is 0 Å².